The van der Waals surface area contributed by atoms with Crippen molar-refractivity contribution in [3.63, 3.8) is 0 Å². The Morgan fingerprint density at radius 1 is 1.45 bits per heavy atom. The number of benzene rings is 1. The summed E-state index contributed by atoms with van der Waals surface area (Å²) in [5.74, 6) is -0.652. The number of nitrogens with zero attached hydrogens (tertiary/aromatic N) is 1. The molecule has 1 aliphatic rings. The topological polar surface area (TPSA) is 40.5 Å². The number of hydrogen-bond donors (Lipinski definition) is 1. The van der Waals surface area contributed by atoms with E-state index in [1.807, 2.05) is 31.2 Å². The molecule has 1 N–H and O–H groups in total. The Morgan fingerprint density at radius 2 is 2.10 bits per heavy atom. The summed E-state index contributed by atoms with van der Waals surface area (Å²) in [4.78, 5) is 13.8. The first-order chi connectivity index (χ1) is 9.47. The van der Waals surface area contributed by atoms with Gasteiger partial charge in [0.2, 0.25) is 0 Å². The number of carboxylic acids is 1. The summed E-state index contributed by atoms with van der Waals surface area (Å²) in [6, 6.07) is 8.24. The van der Waals surface area contributed by atoms with Gasteiger partial charge in [-0.1, -0.05) is 30.7 Å². The second-order valence-corrected chi connectivity index (χ2v) is 6.28. The lowest BCUT2D eigenvalue weighted by Gasteiger charge is -2.27. The fraction of sp³-hybridized carbons (Fsp3) is 0.562. The molecule has 3 nitrogen and oxygen atoms in total. The molecule has 1 aromatic carbocycles. The SMILES string of the molecule is CCC1(C(=O)O)CCN(C(C)Cc2ccc(Cl)cc2)C1. The molecule has 1 aliphatic heterocycles. The van der Waals surface area contributed by atoms with E-state index in [4.69, 9.17) is 11.6 Å². The average molecular weight is 296 g/mol. The molecule has 2 atom stereocenters. The molecule has 0 saturated carbocycles. The van der Waals surface area contributed by atoms with E-state index >= 15 is 0 Å². The maximum atomic E-state index is 11.5. The van der Waals surface area contributed by atoms with E-state index in [-0.39, 0.29) is 0 Å². The Bertz CT molecular complexity index is 474. The van der Waals surface area contributed by atoms with Gasteiger partial charge in [0.05, 0.1) is 5.41 Å². The molecule has 1 aromatic rings. The molecule has 0 bridgehead atoms. The monoisotopic (exact) mass is 295 g/mol. The molecule has 2 unspecified atom stereocenters. The standard InChI is InChI=1S/C16H22ClNO2/c1-3-16(15(19)20)8-9-18(11-16)12(2)10-13-4-6-14(17)7-5-13/h4-7,12H,3,8-11H2,1-2H3,(H,19,20). The highest BCUT2D eigenvalue weighted by molar-refractivity contribution is 6.30. The lowest BCUT2D eigenvalue weighted by molar-refractivity contribution is -0.148. The van der Waals surface area contributed by atoms with Crippen molar-refractivity contribution in [3.8, 4) is 0 Å². The van der Waals surface area contributed by atoms with Crippen LogP contribution in [0, 0.1) is 5.41 Å². The van der Waals surface area contributed by atoms with Crippen LogP contribution < -0.4 is 0 Å². The minimum Gasteiger partial charge on any atom is -0.481 e. The van der Waals surface area contributed by atoms with Crippen LogP contribution in [0.2, 0.25) is 5.02 Å². The number of rotatable bonds is 5. The highest BCUT2D eigenvalue weighted by Crippen LogP contribution is 2.35. The molecule has 110 valence electrons. The van der Waals surface area contributed by atoms with E-state index < -0.39 is 11.4 Å². The Balaban J connectivity index is 1.99. The zero-order chi connectivity index (χ0) is 14.8. The van der Waals surface area contributed by atoms with Gasteiger partial charge in [-0.05, 0) is 50.4 Å². The van der Waals surface area contributed by atoms with Crippen molar-refractivity contribution in [1.82, 2.24) is 4.90 Å². The van der Waals surface area contributed by atoms with Crippen molar-refractivity contribution in [3.05, 3.63) is 34.9 Å². The summed E-state index contributed by atoms with van der Waals surface area (Å²) in [6.07, 6.45) is 2.38. The Labute approximate surface area is 125 Å². The zero-order valence-corrected chi connectivity index (χ0v) is 12.9. The normalized spacial score (nSPS) is 24.8. The van der Waals surface area contributed by atoms with Crippen LogP contribution in [-0.4, -0.2) is 35.1 Å². The van der Waals surface area contributed by atoms with E-state index in [2.05, 4.69) is 11.8 Å². The van der Waals surface area contributed by atoms with Gasteiger partial charge in [0.25, 0.3) is 0 Å². The first-order valence-electron chi connectivity index (χ1n) is 7.19. The van der Waals surface area contributed by atoms with Crippen LogP contribution in [0.15, 0.2) is 24.3 Å². The van der Waals surface area contributed by atoms with Gasteiger partial charge in [0, 0.05) is 17.6 Å². The largest absolute Gasteiger partial charge is 0.481 e. The fourth-order valence-corrected chi connectivity index (χ4v) is 3.11. The van der Waals surface area contributed by atoms with Crippen LogP contribution in [0.3, 0.4) is 0 Å². The number of halogens is 1. The van der Waals surface area contributed by atoms with Gasteiger partial charge in [-0.25, -0.2) is 0 Å². The first-order valence-corrected chi connectivity index (χ1v) is 7.56. The Kier molecular flexibility index (Phi) is 4.71. The number of likely N-dealkylation sites (tertiary alicyclic amines) is 1. The fourth-order valence-electron chi connectivity index (χ4n) is 2.99. The van der Waals surface area contributed by atoms with Crippen molar-refractivity contribution in [1.29, 1.82) is 0 Å². The molecular formula is C16H22ClNO2. The molecule has 1 heterocycles. The number of hydrogen-bond acceptors (Lipinski definition) is 2. The van der Waals surface area contributed by atoms with Crippen LogP contribution in [0.5, 0.6) is 0 Å². The highest BCUT2D eigenvalue weighted by atomic mass is 35.5. The van der Waals surface area contributed by atoms with Gasteiger partial charge < -0.3 is 5.11 Å². The van der Waals surface area contributed by atoms with Gasteiger partial charge in [-0.2, -0.15) is 0 Å². The van der Waals surface area contributed by atoms with Crippen molar-refractivity contribution < 1.29 is 9.90 Å². The third-order valence-corrected chi connectivity index (χ3v) is 4.83. The van der Waals surface area contributed by atoms with Crippen LogP contribution in [0.25, 0.3) is 0 Å². The van der Waals surface area contributed by atoms with E-state index in [0.717, 1.165) is 24.4 Å². The Morgan fingerprint density at radius 3 is 2.60 bits per heavy atom. The van der Waals surface area contributed by atoms with Crippen LogP contribution in [-0.2, 0) is 11.2 Å². The minimum atomic E-state index is -0.652. The molecule has 20 heavy (non-hydrogen) atoms. The number of aliphatic carboxylic acids is 1. The predicted octanol–water partition coefficient (Wildman–Crippen LogP) is 3.46. The third kappa shape index (κ3) is 3.15. The van der Waals surface area contributed by atoms with Crippen LogP contribution in [0.4, 0.5) is 0 Å². The predicted molar refractivity (Wildman–Crippen MR) is 81.2 cm³/mol. The lowest BCUT2D eigenvalue weighted by Crippen LogP contribution is -2.38. The van der Waals surface area contributed by atoms with Crippen molar-refractivity contribution >= 4 is 17.6 Å². The van der Waals surface area contributed by atoms with Gasteiger partial charge in [-0.3, -0.25) is 9.69 Å². The second kappa shape index (κ2) is 6.15. The molecule has 0 aromatic heterocycles. The summed E-state index contributed by atoms with van der Waals surface area (Å²) < 4.78 is 0. The minimum absolute atomic E-state index is 0.351. The third-order valence-electron chi connectivity index (χ3n) is 4.58. The quantitative estimate of drug-likeness (QED) is 0.904. The van der Waals surface area contributed by atoms with Crippen molar-refractivity contribution in [2.75, 3.05) is 13.1 Å². The number of carboxylic acid groups (broad SMARTS) is 1. The van der Waals surface area contributed by atoms with E-state index in [1.165, 1.54) is 5.56 Å². The highest BCUT2D eigenvalue weighted by Gasteiger charge is 2.44. The molecule has 2 rings (SSSR count). The molecule has 4 heteroatoms. The molecular weight excluding hydrogens is 274 g/mol. The van der Waals surface area contributed by atoms with Gasteiger partial charge in [-0.15, -0.1) is 0 Å². The molecule has 1 saturated heterocycles. The summed E-state index contributed by atoms with van der Waals surface area (Å²) in [5.41, 5.74) is 0.695. The first kappa shape index (κ1) is 15.3. The molecule has 1 fully saturated rings. The Hall–Kier alpha value is -1.06. The van der Waals surface area contributed by atoms with Gasteiger partial charge in [0.1, 0.15) is 0 Å². The van der Waals surface area contributed by atoms with E-state index in [1.54, 1.807) is 0 Å². The second-order valence-electron chi connectivity index (χ2n) is 5.84. The van der Waals surface area contributed by atoms with E-state index in [0.29, 0.717) is 19.0 Å². The molecule has 0 aliphatic carbocycles. The zero-order valence-electron chi connectivity index (χ0n) is 12.1. The molecule has 0 spiro atoms. The lowest BCUT2D eigenvalue weighted by atomic mass is 9.84. The average Bonchev–Trinajstić information content (AvgIpc) is 2.87. The summed E-state index contributed by atoms with van der Waals surface area (Å²) in [5, 5.41) is 10.2. The van der Waals surface area contributed by atoms with Crippen LogP contribution >= 0.6 is 11.6 Å². The summed E-state index contributed by atoms with van der Waals surface area (Å²) >= 11 is 5.89. The van der Waals surface area contributed by atoms with E-state index in [9.17, 15) is 9.90 Å². The number of carbonyl (C=O) groups is 1. The smallest absolute Gasteiger partial charge is 0.310 e. The summed E-state index contributed by atoms with van der Waals surface area (Å²) in [7, 11) is 0. The van der Waals surface area contributed by atoms with Gasteiger partial charge in [0.15, 0.2) is 0 Å². The molecule has 0 radical (unpaired) electrons. The maximum absolute atomic E-state index is 11.5. The maximum Gasteiger partial charge on any atom is 0.310 e. The molecule has 0 amide bonds. The van der Waals surface area contributed by atoms with Crippen molar-refractivity contribution in [2.45, 2.75) is 39.2 Å². The van der Waals surface area contributed by atoms with Crippen molar-refractivity contribution in [2.24, 2.45) is 5.41 Å². The van der Waals surface area contributed by atoms with Gasteiger partial charge >= 0.3 is 5.97 Å². The summed E-state index contributed by atoms with van der Waals surface area (Å²) in [6.45, 7) is 5.67. The van der Waals surface area contributed by atoms with Crippen LogP contribution in [0.1, 0.15) is 32.3 Å².